The highest BCUT2D eigenvalue weighted by atomic mass is 19.4. The van der Waals surface area contributed by atoms with Crippen molar-refractivity contribution < 1.29 is 17.6 Å². The van der Waals surface area contributed by atoms with Gasteiger partial charge in [0.2, 0.25) is 0 Å². The first kappa shape index (κ1) is 20.6. The van der Waals surface area contributed by atoms with E-state index in [-0.39, 0.29) is 12.1 Å². The fourth-order valence-corrected chi connectivity index (χ4v) is 2.95. The van der Waals surface area contributed by atoms with Gasteiger partial charge in [0, 0.05) is 26.6 Å². The number of H-pyrrole nitrogens is 1. The number of halogens is 4. The number of alkyl halides is 3. The molecule has 0 bridgehead atoms. The van der Waals surface area contributed by atoms with Crippen LogP contribution in [0.1, 0.15) is 23.4 Å². The number of benzene rings is 2. The van der Waals surface area contributed by atoms with Crippen LogP contribution >= 0.6 is 0 Å². The van der Waals surface area contributed by atoms with Crippen LogP contribution in [0.3, 0.4) is 0 Å². The lowest BCUT2D eigenvalue weighted by Gasteiger charge is -2.15. The Morgan fingerprint density at radius 1 is 1.14 bits per heavy atom. The Morgan fingerprint density at radius 3 is 2.66 bits per heavy atom. The van der Waals surface area contributed by atoms with Gasteiger partial charge >= 0.3 is 6.18 Å². The monoisotopic (exact) mass is 407 g/mol. The molecule has 1 aromatic heterocycles. The van der Waals surface area contributed by atoms with Crippen LogP contribution in [-0.4, -0.2) is 29.5 Å². The van der Waals surface area contributed by atoms with Gasteiger partial charge in [-0.1, -0.05) is 18.2 Å². The first-order chi connectivity index (χ1) is 13.9. The molecular weight excluding hydrogens is 386 g/mol. The molecule has 0 amide bonds. The number of nitrogens with one attached hydrogen (secondary N) is 3. The molecule has 0 saturated carbocycles. The highest BCUT2D eigenvalue weighted by Gasteiger charge is 2.33. The summed E-state index contributed by atoms with van der Waals surface area (Å²) in [6, 6.07) is 10.4. The van der Waals surface area contributed by atoms with Crippen molar-refractivity contribution in [3.8, 4) is 0 Å². The van der Waals surface area contributed by atoms with Crippen LogP contribution in [0.5, 0.6) is 0 Å². The van der Waals surface area contributed by atoms with E-state index in [0.717, 1.165) is 41.8 Å². The van der Waals surface area contributed by atoms with Crippen LogP contribution in [0.15, 0.2) is 47.5 Å². The largest absolute Gasteiger partial charge is 0.416 e. The van der Waals surface area contributed by atoms with Crippen LogP contribution in [-0.2, 0) is 19.1 Å². The number of hydrogen-bond donors (Lipinski definition) is 3. The van der Waals surface area contributed by atoms with Gasteiger partial charge in [-0.05, 0) is 36.2 Å². The zero-order valence-electron chi connectivity index (χ0n) is 15.8. The zero-order chi connectivity index (χ0) is 20.9. The summed E-state index contributed by atoms with van der Waals surface area (Å²) in [4.78, 5) is 11.8. The summed E-state index contributed by atoms with van der Waals surface area (Å²) in [7, 11) is 1.53. The molecule has 29 heavy (non-hydrogen) atoms. The second-order valence-corrected chi connectivity index (χ2v) is 6.46. The minimum Gasteiger partial charge on any atom is -0.356 e. The van der Waals surface area contributed by atoms with Gasteiger partial charge in [-0.25, -0.2) is 9.37 Å². The topological polar surface area (TPSA) is 65.1 Å². The third-order valence-corrected chi connectivity index (χ3v) is 4.37. The SMILES string of the molecule is CN=C(NCCCc1nc2ccccc2[nH]1)NCc1ccc(F)cc1C(F)(F)F. The Kier molecular flexibility index (Phi) is 6.36. The Morgan fingerprint density at radius 2 is 1.93 bits per heavy atom. The zero-order valence-corrected chi connectivity index (χ0v) is 15.8. The fourth-order valence-electron chi connectivity index (χ4n) is 2.95. The number of aliphatic imine (C=N–C) groups is 1. The molecule has 0 radical (unpaired) electrons. The molecule has 0 fully saturated rings. The maximum absolute atomic E-state index is 13.2. The van der Waals surface area contributed by atoms with E-state index in [1.54, 1.807) is 0 Å². The molecule has 3 N–H and O–H groups in total. The summed E-state index contributed by atoms with van der Waals surface area (Å²) in [5.41, 5.74) is 0.842. The van der Waals surface area contributed by atoms with E-state index in [1.807, 2.05) is 24.3 Å². The highest BCUT2D eigenvalue weighted by molar-refractivity contribution is 5.79. The van der Waals surface area contributed by atoms with Gasteiger partial charge in [0.15, 0.2) is 5.96 Å². The predicted molar refractivity (Wildman–Crippen MR) is 104 cm³/mol. The normalized spacial score (nSPS) is 12.4. The maximum Gasteiger partial charge on any atom is 0.416 e. The molecule has 0 spiro atoms. The van der Waals surface area contributed by atoms with Gasteiger partial charge in [-0.2, -0.15) is 13.2 Å². The van der Waals surface area contributed by atoms with Crippen LogP contribution < -0.4 is 10.6 Å². The summed E-state index contributed by atoms with van der Waals surface area (Å²) < 4.78 is 52.4. The van der Waals surface area contributed by atoms with Crippen LogP contribution in [0.2, 0.25) is 0 Å². The minimum absolute atomic E-state index is 0.0517. The molecule has 2 aromatic carbocycles. The Hall–Kier alpha value is -3.10. The Labute approximate surface area is 165 Å². The Balaban J connectivity index is 1.50. The predicted octanol–water partition coefficient (Wildman–Crippen LogP) is 4.02. The van der Waals surface area contributed by atoms with Gasteiger partial charge in [0.25, 0.3) is 0 Å². The molecule has 154 valence electrons. The lowest BCUT2D eigenvalue weighted by Crippen LogP contribution is -2.37. The van der Waals surface area contributed by atoms with Gasteiger partial charge in [-0.3, -0.25) is 4.99 Å². The number of imidazole rings is 1. The second-order valence-electron chi connectivity index (χ2n) is 6.46. The van der Waals surface area contributed by atoms with E-state index in [1.165, 1.54) is 7.05 Å². The summed E-state index contributed by atoms with van der Waals surface area (Å²) in [6.07, 6.45) is -3.15. The molecule has 3 rings (SSSR count). The van der Waals surface area contributed by atoms with Gasteiger partial charge in [0.1, 0.15) is 11.6 Å². The quantitative estimate of drug-likeness (QED) is 0.250. The lowest BCUT2D eigenvalue weighted by molar-refractivity contribution is -0.138. The van der Waals surface area contributed by atoms with Crippen LogP contribution in [0.4, 0.5) is 17.6 Å². The smallest absolute Gasteiger partial charge is 0.356 e. The van der Waals surface area contributed by atoms with Crippen molar-refractivity contribution in [2.24, 2.45) is 4.99 Å². The molecule has 0 aliphatic heterocycles. The number of para-hydroxylation sites is 2. The van der Waals surface area contributed by atoms with Crippen molar-refractivity contribution in [1.29, 1.82) is 0 Å². The molecular formula is C20H21F4N5. The molecule has 3 aromatic rings. The summed E-state index contributed by atoms with van der Waals surface area (Å²) in [6.45, 7) is 0.435. The van der Waals surface area contributed by atoms with E-state index >= 15 is 0 Å². The Bertz CT molecular complexity index is 961. The van der Waals surface area contributed by atoms with E-state index in [9.17, 15) is 17.6 Å². The number of aromatic nitrogens is 2. The third kappa shape index (κ3) is 5.46. The number of aryl methyl sites for hydroxylation is 1. The number of guanidine groups is 1. The van der Waals surface area contributed by atoms with Crippen molar-refractivity contribution in [3.63, 3.8) is 0 Å². The van der Waals surface area contributed by atoms with Crippen molar-refractivity contribution in [2.45, 2.75) is 25.6 Å². The molecule has 0 unspecified atom stereocenters. The van der Waals surface area contributed by atoms with Crippen molar-refractivity contribution in [2.75, 3.05) is 13.6 Å². The van der Waals surface area contributed by atoms with Crippen LogP contribution in [0.25, 0.3) is 11.0 Å². The van der Waals surface area contributed by atoms with Crippen molar-refractivity contribution >= 4 is 17.0 Å². The molecule has 0 atom stereocenters. The highest BCUT2D eigenvalue weighted by Crippen LogP contribution is 2.32. The molecule has 0 aliphatic rings. The maximum atomic E-state index is 13.2. The number of fused-ring (bicyclic) bond motifs is 1. The first-order valence-corrected chi connectivity index (χ1v) is 9.10. The fraction of sp³-hybridized carbons (Fsp3) is 0.300. The molecule has 9 heteroatoms. The van der Waals surface area contributed by atoms with E-state index < -0.39 is 17.6 Å². The average molecular weight is 407 g/mol. The number of rotatable bonds is 6. The van der Waals surface area contributed by atoms with Gasteiger partial charge in [-0.15, -0.1) is 0 Å². The number of nitrogens with zero attached hydrogens (tertiary/aromatic N) is 2. The molecule has 1 heterocycles. The van der Waals surface area contributed by atoms with Crippen molar-refractivity contribution in [1.82, 2.24) is 20.6 Å². The summed E-state index contributed by atoms with van der Waals surface area (Å²) >= 11 is 0. The van der Waals surface area contributed by atoms with Gasteiger partial charge in [0.05, 0.1) is 16.6 Å². The van der Waals surface area contributed by atoms with Crippen molar-refractivity contribution in [3.05, 3.63) is 65.2 Å². The number of aromatic amines is 1. The molecule has 0 aliphatic carbocycles. The van der Waals surface area contributed by atoms with Crippen LogP contribution in [0, 0.1) is 5.82 Å². The molecule has 5 nitrogen and oxygen atoms in total. The van der Waals surface area contributed by atoms with E-state index in [2.05, 4.69) is 25.6 Å². The van der Waals surface area contributed by atoms with E-state index in [4.69, 9.17) is 0 Å². The number of hydrogen-bond acceptors (Lipinski definition) is 2. The minimum atomic E-state index is -4.62. The molecule has 0 saturated heterocycles. The standard InChI is InChI=1S/C20H21F4N5/c1-25-19(27-12-13-8-9-14(21)11-15(13)20(22,23)24)26-10-4-7-18-28-16-5-2-3-6-17(16)29-18/h2-3,5-6,8-9,11H,4,7,10,12H2,1H3,(H,28,29)(H2,25,26,27). The summed E-state index contributed by atoms with van der Waals surface area (Å²) in [5, 5.41) is 5.89. The second kappa shape index (κ2) is 8.93. The lowest BCUT2D eigenvalue weighted by atomic mass is 10.1. The van der Waals surface area contributed by atoms with E-state index in [0.29, 0.717) is 18.6 Å². The summed E-state index contributed by atoms with van der Waals surface area (Å²) in [5.74, 6) is 0.318. The van der Waals surface area contributed by atoms with Gasteiger partial charge < -0.3 is 15.6 Å². The first-order valence-electron chi connectivity index (χ1n) is 9.10. The third-order valence-electron chi connectivity index (χ3n) is 4.37. The average Bonchev–Trinajstić information content (AvgIpc) is 3.10.